The van der Waals surface area contributed by atoms with Gasteiger partial charge in [-0.15, -0.1) is 0 Å². The third-order valence-electron chi connectivity index (χ3n) is 2.52. The molecule has 1 aliphatic heterocycles. The molecular formula is C11H21N3O4. The second-order valence-electron chi connectivity index (χ2n) is 5.63. The van der Waals surface area contributed by atoms with E-state index < -0.39 is 29.4 Å². The molecule has 0 aliphatic carbocycles. The Balaban J connectivity index is 2.92. The van der Waals surface area contributed by atoms with Gasteiger partial charge in [0.05, 0.1) is 6.61 Å². The van der Waals surface area contributed by atoms with Gasteiger partial charge >= 0.3 is 6.09 Å². The van der Waals surface area contributed by atoms with E-state index in [1.165, 1.54) is 4.90 Å². The number of rotatable bonds is 1. The second kappa shape index (κ2) is 4.74. The van der Waals surface area contributed by atoms with Crippen LogP contribution in [0.2, 0.25) is 0 Å². The van der Waals surface area contributed by atoms with Crippen LogP contribution in [0.25, 0.3) is 0 Å². The monoisotopic (exact) mass is 259 g/mol. The average Bonchev–Trinajstić information content (AvgIpc) is 2.50. The van der Waals surface area contributed by atoms with Crippen LogP contribution >= 0.6 is 0 Å². The summed E-state index contributed by atoms with van der Waals surface area (Å²) in [6.45, 7) is 8.75. The van der Waals surface area contributed by atoms with E-state index in [-0.39, 0.29) is 6.61 Å². The third-order valence-corrected chi connectivity index (χ3v) is 2.52. The summed E-state index contributed by atoms with van der Waals surface area (Å²) in [5, 5.41) is 0. The largest absolute Gasteiger partial charge is 0.444 e. The van der Waals surface area contributed by atoms with Crippen LogP contribution in [0.15, 0.2) is 0 Å². The summed E-state index contributed by atoms with van der Waals surface area (Å²) in [6.07, 6.45) is -0.599. The topological polar surface area (TPSA) is 93.9 Å². The third kappa shape index (κ3) is 3.11. The fraction of sp³-hybridized carbons (Fsp3) is 0.818. The molecule has 0 aromatic heterocycles. The maximum absolute atomic E-state index is 12.1. The first-order valence-electron chi connectivity index (χ1n) is 5.75. The molecule has 0 aromatic carbocycles. The summed E-state index contributed by atoms with van der Waals surface area (Å²) >= 11 is 0. The van der Waals surface area contributed by atoms with Crippen molar-refractivity contribution in [3.8, 4) is 0 Å². The van der Waals surface area contributed by atoms with Gasteiger partial charge in [-0.05, 0) is 34.6 Å². The molecule has 0 aromatic rings. The summed E-state index contributed by atoms with van der Waals surface area (Å²) < 4.78 is 10.7. The molecule has 1 aliphatic rings. The zero-order chi connectivity index (χ0) is 14.1. The van der Waals surface area contributed by atoms with Crippen molar-refractivity contribution in [1.82, 2.24) is 10.3 Å². The van der Waals surface area contributed by atoms with Gasteiger partial charge in [0.25, 0.3) is 5.91 Å². The molecule has 1 fully saturated rings. The predicted molar refractivity (Wildman–Crippen MR) is 64.2 cm³/mol. The Morgan fingerprint density at radius 3 is 2.44 bits per heavy atom. The molecule has 1 atom stereocenters. The van der Waals surface area contributed by atoms with Crippen LogP contribution in [-0.4, -0.2) is 40.9 Å². The number of hydrogen-bond donors (Lipinski definition) is 2. The van der Waals surface area contributed by atoms with Crippen LogP contribution in [0.4, 0.5) is 4.79 Å². The van der Waals surface area contributed by atoms with E-state index >= 15 is 0 Å². The fourth-order valence-electron chi connectivity index (χ4n) is 1.75. The highest BCUT2D eigenvalue weighted by molar-refractivity contribution is 5.86. The van der Waals surface area contributed by atoms with E-state index in [0.29, 0.717) is 0 Å². The lowest BCUT2D eigenvalue weighted by molar-refractivity contribution is -0.126. The Kier molecular flexibility index (Phi) is 3.87. The summed E-state index contributed by atoms with van der Waals surface area (Å²) in [5.74, 6) is 4.62. The van der Waals surface area contributed by atoms with Gasteiger partial charge in [0, 0.05) is 0 Å². The maximum Gasteiger partial charge on any atom is 0.413 e. The molecule has 1 rings (SSSR count). The van der Waals surface area contributed by atoms with Crippen LogP contribution in [-0.2, 0) is 14.3 Å². The number of nitrogens with zero attached hydrogens (tertiary/aromatic N) is 1. The smallest absolute Gasteiger partial charge is 0.413 e. The van der Waals surface area contributed by atoms with Gasteiger partial charge in [0.2, 0.25) is 0 Å². The van der Waals surface area contributed by atoms with Crippen LogP contribution in [0.3, 0.4) is 0 Å². The zero-order valence-corrected chi connectivity index (χ0v) is 11.4. The van der Waals surface area contributed by atoms with Crippen molar-refractivity contribution in [1.29, 1.82) is 0 Å². The maximum atomic E-state index is 12.1. The molecule has 3 N–H and O–H groups in total. The van der Waals surface area contributed by atoms with Crippen LogP contribution in [0.5, 0.6) is 0 Å². The summed E-state index contributed by atoms with van der Waals surface area (Å²) in [4.78, 5) is 25.0. The summed E-state index contributed by atoms with van der Waals surface area (Å²) in [5.41, 5.74) is 0.481. The lowest BCUT2D eigenvalue weighted by Gasteiger charge is -2.34. The van der Waals surface area contributed by atoms with Crippen molar-refractivity contribution < 1.29 is 19.1 Å². The minimum Gasteiger partial charge on any atom is -0.444 e. The minimum absolute atomic E-state index is 0.0925. The standard InChI is InChI=1S/C11H21N3O4/c1-10(2,3)18-9(16)14-7(8(15)13-12)6-17-11(14,4)5/h7H,6,12H2,1-5H3,(H,13,15)/t7-/m0/s1. The van der Waals surface area contributed by atoms with Crippen LogP contribution in [0.1, 0.15) is 34.6 Å². The van der Waals surface area contributed by atoms with Gasteiger partial charge in [-0.1, -0.05) is 0 Å². The molecule has 1 saturated heterocycles. The predicted octanol–water partition coefficient (Wildman–Crippen LogP) is 0.348. The number of nitrogens with one attached hydrogen (secondary N) is 1. The molecule has 18 heavy (non-hydrogen) atoms. The number of amides is 2. The lowest BCUT2D eigenvalue weighted by Crippen LogP contribution is -2.55. The molecule has 0 radical (unpaired) electrons. The molecule has 0 bridgehead atoms. The molecule has 1 heterocycles. The van der Waals surface area contributed by atoms with Gasteiger partial charge in [0.1, 0.15) is 17.4 Å². The van der Waals surface area contributed by atoms with Gasteiger partial charge in [-0.2, -0.15) is 0 Å². The van der Waals surface area contributed by atoms with E-state index in [2.05, 4.69) is 0 Å². The molecule has 7 nitrogen and oxygen atoms in total. The van der Waals surface area contributed by atoms with E-state index in [9.17, 15) is 9.59 Å². The number of hydrogen-bond acceptors (Lipinski definition) is 5. The highest BCUT2D eigenvalue weighted by Crippen LogP contribution is 2.29. The molecule has 0 unspecified atom stereocenters. The van der Waals surface area contributed by atoms with Crippen molar-refractivity contribution >= 4 is 12.0 Å². The minimum atomic E-state index is -0.903. The van der Waals surface area contributed by atoms with Crippen molar-refractivity contribution in [2.75, 3.05) is 6.61 Å². The van der Waals surface area contributed by atoms with Crippen molar-refractivity contribution in [3.63, 3.8) is 0 Å². The normalized spacial score (nSPS) is 22.8. The fourth-order valence-corrected chi connectivity index (χ4v) is 1.75. The number of nitrogens with two attached hydrogens (primary N) is 1. The average molecular weight is 259 g/mol. The molecule has 0 spiro atoms. The van der Waals surface area contributed by atoms with Gasteiger partial charge in [0.15, 0.2) is 0 Å². The lowest BCUT2D eigenvalue weighted by atomic mass is 10.2. The first-order chi connectivity index (χ1) is 8.08. The second-order valence-corrected chi connectivity index (χ2v) is 5.63. The van der Waals surface area contributed by atoms with Gasteiger partial charge in [-0.25, -0.2) is 10.6 Å². The number of hydrazine groups is 1. The molecule has 7 heteroatoms. The van der Waals surface area contributed by atoms with Gasteiger partial charge in [-0.3, -0.25) is 15.1 Å². The first kappa shape index (κ1) is 14.7. The van der Waals surface area contributed by atoms with E-state index in [1.54, 1.807) is 34.6 Å². The first-order valence-corrected chi connectivity index (χ1v) is 5.75. The van der Waals surface area contributed by atoms with E-state index in [4.69, 9.17) is 15.3 Å². The van der Waals surface area contributed by atoms with E-state index in [1.807, 2.05) is 5.43 Å². The van der Waals surface area contributed by atoms with Crippen LogP contribution in [0, 0.1) is 0 Å². The summed E-state index contributed by atoms with van der Waals surface area (Å²) in [7, 11) is 0. The highest BCUT2D eigenvalue weighted by atomic mass is 16.6. The zero-order valence-electron chi connectivity index (χ0n) is 11.4. The van der Waals surface area contributed by atoms with E-state index in [0.717, 1.165) is 0 Å². The number of ether oxygens (including phenoxy) is 2. The number of carbonyl (C=O) groups is 2. The molecule has 0 saturated carbocycles. The van der Waals surface area contributed by atoms with Crippen LogP contribution < -0.4 is 11.3 Å². The summed E-state index contributed by atoms with van der Waals surface area (Å²) in [6, 6.07) is -0.778. The Morgan fingerprint density at radius 2 is 2.00 bits per heavy atom. The van der Waals surface area contributed by atoms with Crippen molar-refractivity contribution in [2.45, 2.75) is 52.0 Å². The molecular weight excluding hydrogens is 238 g/mol. The number of carbonyl (C=O) groups excluding carboxylic acids is 2. The van der Waals surface area contributed by atoms with Crippen molar-refractivity contribution in [3.05, 3.63) is 0 Å². The Hall–Kier alpha value is -1.34. The quantitative estimate of drug-likeness (QED) is 0.402. The van der Waals surface area contributed by atoms with Gasteiger partial charge < -0.3 is 9.47 Å². The molecule has 2 amide bonds. The Bertz CT molecular complexity index is 349. The highest BCUT2D eigenvalue weighted by Gasteiger charge is 2.48. The Morgan fingerprint density at radius 1 is 1.44 bits per heavy atom. The molecule has 104 valence electrons. The SMILES string of the molecule is CC(C)(C)OC(=O)N1[C@H](C(=O)NN)COC1(C)C. The Labute approximate surface area is 107 Å². The van der Waals surface area contributed by atoms with Crippen molar-refractivity contribution in [2.24, 2.45) is 5.84 Å².